The minimum atomic E-state index is 1.18. The van der Waals surface area contributed by atoms with Gasteiger partial charge < -0.3 is 4.90 Å². The highest BCUT2D eigenvalue weighted by Gasteiger charge is 2.29. The summed E-state index contributed by atoms with van der Waals surface area (Å²) in [5.41, 5.74) is 11.2. The molecule has 2 heteroatoms. The van der Waals surface area contributed by atoms with Gasteiger partial charge in [-0.2, -0.15) is 0 Å². The lowest BCUT2D eigenvalue weighted by Crippen LogP contribution is -2.15. The zero-order valence-electron chi connectivity index (χ0n) is 22.8. The average Bonchev–Trinajstić information content (AvgIpc) is 3.45. The maximum Gasteiger partial charge on any atom is 0.0633 e. The highest BCUT2D eigenvalue weighted by Crippen LogP contribution is 2.56. The Morgan fingerprint density at radius 3 is 1.86 bits per heavy atom. The molecule has 0 spiro atoms. The molecule has 0 amide bonds. The molecule has 8 aromatic rings. The van der Waals surface area contributed by atoms with Crippen molar-refractivity contribution in [1.29, 1.82) is 0 Å². The molecule has 0 fully saturated rings. The van der Waals surface area contributed by atoms with Crippen molar-refractivity contribution in [3.05, 3.63) is 152 Å². The van der Waals surface area contributed by atoms with Crippen LogP contribution in [0.4, 0.5) is 17.1 Å². The predicted molar refractivity (Wildman–Crippen MR) is 181 cm³/mol. The molecular formula is C40H25NS. The van der Waals surface area contributed by atoms with Crippen molar-refractivity contribution in [1.82, 2.24) is 0 Å². The molecule has 0 saturated carbocycles. The van der Waals surface area contributed by atoms with Crippen molar-refractivity contribution in [2.75, 3.05) is 4.90 Å². The van der Waals surface area contributed by atoms with Gasteiger partial charge in [-0.25, -0.2) is 0 Å². The molecule has 0 unspecified atom stereocenters. The number of para-hydroxylation sites is 1. The van der Waals surface area contributed by atoms with Crippen LogP contribution in [-0.4, -0.2) is 0 Å². The highest BCUT2D eigenvalue weighted by molar-refractivity contribution is 7.26. The molecule has 1 aliphatic heterocycles. The third kappa shape index (κ3) is 3.43. The molecular weight excluding hydrogens is 527 g/mol. The molecule has 0 saturated heterocycles. The topological polar surface area (TPSA) is 3.24 Å². The Bertz CT molecular complexity index is 2280. The van der Waals surface area contributed by atoms with E-state index in [9.17, 15) is 0 Å². The smallest absolute Gasteiger partial charge is 0.0633 e. The Morgan fingerprint density at radius 2 is 1.02 bits per heavy atom. The van der Waals surface area contributed by atoms with E-state index in [1.807, 2.05) is 11.3 Å². The number of rotatable bonds is 3. The number of benzene rings is 7. The van der Waals surface area contributed by atoms with Gasteiger partial charge in [0.25, 0.3) is 0 Å². The number of nitrogens with zero attached hydrogens (tertiary/aromatic N) is 1. The third-order valence-corrected chi connectivity index (χ3v) is 9.74. The van der Waals surface area contributed by atoms with Gasteiger partial charge in [-0.1, -0.05) is 121 Å². The van der Waals surface area contributed by atoms with E-state index in [4.69, 9.17) is 0 Å². The maximum atomic E-state index is 2.49. The van der Waals surface area contributed by atoms with Crippen LogP contribution in [-0.2, 0) is 0 Å². The molecule has 1 nitrogen and oxygen atoms in total. The Morgan fingerprint density at radius 1 is 0.381 bits per heavy atom. The van der Waals surface area contributed by atoms with E-state index in [0.29, 0.717) is 0 Å². The van der Waals surface area contributed by atoms with E-state index in [2.05, 4.69) is 157 Å². The molecule has 1 aliphatic rings. The quantitative estimate of drug-likeness (QED) is 0.211. The summed E-state index contributed by atoms with van der Waals surface area (Å²) in [6.45, 7) is 0. The third-order valence-electron chi connectivity index (χ3n) is 8.61. The molecule has 0 N–H and O–H groups in total. The molecule has 0 atom stereocenters. The minimum Gasteiger partial charge on any atom is -0.309 e. The molecule has 0 aliphatic carbocycles. The largest absolute Gasteiger partial charge is 0.309 e. The molecule has 9 rings (SSSR count). The normalized spacial score (nSPS) is 12.2. The highest BCUT2D eigenvalue weighted by atomic mass is 32.1. The van der Waals surface area contributed by atoms with Crippen LogP contribution in [0.5, 0.6) is 0 Å². The number of anilines is 3. The van der Waals surface area contributed by atoms with E-state index in [-0.39, 0.29) is 0 Å². The van der Waals surface area contributed by atoms with Gasteiger partial charge in [0.2, 0.25) is 0 Å². The monoisotopic (exact) mass is 551 g/mol. The Kier molecular flexibility index (Phi) is 5.13. The molecule has 1 aromatic heterocycles. The van der Waals surface area contributed by atoms with Gasteiger partial charge in [-0.05, 0) is 63.5 Å². The van der Waals surface area contributed by atoms with Crippen molar-refractivity contribution in [3.8, 4) is 33.4 Å². The maximum absolute atomic E-state index is 2.49. The summed E-state index contributed by atoms with van der Waals surface area (Å²) in [7, 11) is 0. The summed E-state index contributed by atoms with van der Waals surface area (Å²) in [4.78, 5) is 2.49. The van der Waals surface area contributed by atoms with Gasteiger partial charge in [-0.3, -0.25) is 0 Å². The lowest BCUT2D eigenvalue weighted by molar-refractivity contribution is 1.30. The van der Waals surface area contributed by atoms with Crippen LogP contribution in [0.25, 0.3) is 64.3 Å². The number of hydrogen-bond donors (Lipinski definition) is 0. The Labute approximate surface area is 248 Å². The second-order valence-corrected chi connectivity index (χ2v) is 12.0. The van der Waals surface area contributed by atoms with Crippen LogP contribution in [0.2, 0.25) is 0 Å². The summed E-state index contributed by atoms with van der Waals surface area (Å²) in [5.74, 6) is 0. The summed E-state index contributed by atoms with van der Waals surface area (Å²) in [6, 6.07) is 55.4. The van der Waals surface area contributed by atoms with Crippen LogP contribution in [0.15, 0.2) is 152 Å². The second kappa shape index (κ2) is 9.17. The Hall–Kier alpha value is -5.18. The lowest BCUT2D eigenvalue weighted by Gasteiger charge is -2.34. The van der Waals surface area contributed by atoms with Crippen LogP contribution < -0.4 is 4.90 Å². The summed E-state index contributed by atoms with van der Waals surface area (Å²) in [5, 5.41) is 5.23. The van der Waals surface area contributed by atoms with Crippen molar-refractivity contribution >= 4 is 59.3 Å². The first-order chi connectivity index (χ1) is 20.8. The summed E-state index contributed by atoms with van der Waals surface area (Å²) in [6.07, 6.45) is 0. The fraction of sp³-hybridized carbons (Fsp3) is 0. The van der Waals surface area contributed by atoms with Crippen LogP contribution in [0.1, 0.15) is 0 Å². The second-order valence-electron chi connectivity index (χ2n) is 10.9. The fourth-order valence-corrected chi connectivity index (χ4v) is 7.85. The first-order valence-corrected chi connectivity index (χ1v) is 15.2. The van der Waals surface area contributed by atoms with Gasteiger partial charge in [-0.15, -0.1) is 11.3 Å². The molecule has 2 heterocycles. The molecule has 0 bridgehead atoms. The molecule has 196 valence electrons. The van der Waals surface area contributed by atoms with Crippen LogP contribution >= 0.6 is 11.3 Å². The zero-order chi connectivity index (χ0) is 27.6. The van der Waals surface area contributed by atoms with E-state index < -0.39 is 0 Å². The Balaban J connectivity index is 1.33. The van der Waals surface area contributed by atoms with E-state index >= 15 is 0 Å². The first-order valence-electron chi connectivity index (χ1n) is 14.4. The molecule has 42 heavy (non-hydrogen) atoms. The lowest BCUT2D eigenvalue weighted by atomic mass is 9.86. The van der Waals surface area contributed by atoms with Gasteiger partial charge in [0.1, 0.15) is 0 Å². The van der Waals surface area contributed by atoms with Gasteiger partial charge in [0.05, 0.1) is 11.4 Å². The zero-order valence-corrected chi connectivity index (χ0v) is 23.6. The van der Waals surface area contributed by atoms with Crippen molar-refractivity contribution < 1.29 is 0 Å². The van der Waals surface area contributed by atoms with Crippen molar-refractivity contribution in [3.63, 3.8) is 0 Å². The van der Waals surface area contributed by atoms with E-state index in [1.165, 1.54) is 81.4 Å². The number of fused-ring (bicyclic) bond motifs is 6. The van der Waals surface area contributed by atoms with Crippen LogP contribution in [0.3, 0.4) is 0 Å². The minimum absolute atomic E-state index is 1.18. The van der Waals surface area contributed by atoms with E-state index in [0.717, 1.165) is 0 Å². The average molecular weight is 552 g/mol. The fourth-order valence-electron chi connectivity index (χ4n) is 6.74. The first kappa shape index (κ1) is 23.5. The number of thiophene rings is 1. The van der Waals surface area contributed by atoms with E-state index in [1.54, 1.807) is 0 Å². The summed E-state index contributed by atoms with van der Waals surface area (Å²) < 4.78 is 2.65. The van der Waals surface area contributed by atoms with Crippen molar-refractivity contribution in [2.45, 2.75) is 0 Å². The standard InChI is InChI=1S/C40H25NS/c1-3-10-26(11-4-1)27-18-20-28(21-19-27)30-22-23-32-33-24-25-37-39(34-14-7-8-17-36(34)42-37)40(33)41(29-12-5-2-6-13-29)35-16-9-15-31(30)38(32)35/h1-25H. The van der Waals surface area contributed by atoms with Gasteiger partial charge >= 0.3 is 0 Å². The van der Waals surface area contributed by atoms with Gasteiger partial charge in [0, 0.05) is 36.8 Å². The SMILES string of the molecule is c1ccc(-c2ccc(-c3ccc4c5c(cccc35)N(c3ccccc3)c3c-4ccc4sc5ccccc5c34)cc2)cc1. The van der Waals surface area contributed by atoms with Crippen LogP contribution in [0, 0.1) is 0 Å². The predicted octanol–water partition coefficient (Wildman–Crippen LogP) is 12.0. The summed E-state index contributed by atoms with van der Waals surface area (Å²) >= 11 is 1.88. The number of hydrogen-bond acceptors (Lipinski definition) is 2. The molecule has 0 radical (unpaired) electrons. The van der Waals surface area contributed by atoms with Gasteiger partial charge in [0.15, 0.2) is 0 Å². The van der Waals surface area contributed by atoms with Crippen molar-refractivity contribution in [2.24, 2.45) is 0 Å². The molecule has 7 aromatic carbocycles.